The van der Waals surface area contributed by atoms with Gasteiger partial charge >= 0.3 is 0 Å². The number of carbonyl (C=O) groups is 1. The summed E-state index contributed by atoms with van der Waals surface area (Å²) in [6.07, 6.45) is 0. The van der Waals surface area contributed by atoms with E-state index in [1.807, 2.05) is 43.9 Å². The second-order valence-electron chi connectivity index (χ2n) is 5.98. The van der Waals surface area contributed by atoms with E-state index in [0.717, 1.165) is 23.2 Å². The molecular formula is C18H26N2O. The number of nitrogens with zero attached hydrogens (tertiary/aromatic N) is 1. The molecule has 0 saturated heterocycles. The Morgan fingerprint density at radius 3 is 2.43 bits per heavy atom. The molecule has 0 aliphatic heterocycles. The molecule has 1 aromatic carbocycles. The van der Waals surface area contributed by atoms with Crippen molar-refractivity contribution in [2.45, 2.75) is 40.7 Å². The van der Waals surface area contributed by atoms with Gasteiger partial charge in [0.2, 0.25) is 0 Å². The highest BCUT2D eigenvalue weighted by Crippen LogP contribution is 2.15. The number of carbonyl (C=O) groups excluding carboxylic acids is 1. The first kappa shape index (κ1) is 17.3. The predicted octanol–water partition coefficient (Wildman–Crippen LogP) is 2.81. The maximum Gasteiger partial charge on any atom is 0.254 e. The summed E-state index contributed by atoms with van der Waals surface area (Å²) in [5, 5.41) is 0. The monoisotopic (exact) mass is 286 g/mol. The zero-order valence-corrected chi connectivity index (χ0v) is 13.7. The summed E-state index contributed by atoms with van der Waals surface area (Å²) in [5.74, 6) is 6.40. The summed E-state index contributed by atoms with van der Waals surface area (Å²) in [4.78, 5) is 14.6. The third-order valence-electron chi connectivity index (χ3n) is 3.24. The van der Waals surface area contributed by atoms with Gasteiger partial charge in [-0.3, -0.25) is 4.79 Å². The molecule has 0 bridgehead atoms. The Labute approximate surface area is 128 Å². The van der Waals surface area contributed by atoms with Crippen molar-refractivity contribution in [1.82, 2.24) is 4.90 Å². The Morgan fingerprint density at radius 2 is 1.95 bits per heavy atom. The molecule has 3 heteroatoms. The van der Waals surface area contributed by atoms with Crippen molar-refractivity contribution in [2.75, 3.05) is 13.1 Å². The normalized spacial score (nSPS) is 10.5. The first-order valence-electron chi connectivity index (χ1n) is 7.47. The van der Waals surface area contributed by atoms with Crippen molar-refractivity contribution < 1.29 is 4.79 Å². The van der Waals surface area contributed by atoms with Crippen molar-refractivity contribution in [2.24, 2.45) is 11.7 Å². The van der Waals surface area contributed by atoms with E-state index in [-0.39, 0.29) is 11.9 Å². The van der Waals surface area contributed by atoms with Gasteiger partial charge in [-0.1, -0.05) is 25.7 Å². The van der Waals surface area contributed by atoms with E-state index in [1.54, 1.807) is 0 Å². The van der Waals surface area contributed by atoms with E-state index in [1.165, 1.54) is 0 Å². The molecule has 1 aromatic rings. The fourth-order valence-electron chi connectivity index (χ4n) is 2.17. The van der Waals surface area contributed by atoms with Gasteiger partial charge in [0.05, 0.1) is 6.54 Å². The molecule has 114 valence electrons. The highest BCUT2D eigenvalue weighted by molar-refractivity contribution is 5.94. The van der Waals surface area contributed by atoms with Crippen molar-refractivity contribution in [3.63, 3.8) is 0 Å². The summed E-state index contributed by atoms with van der Waals surface area (Å²) in [6.45, 7) is 11.4. The number of benzene rings is 1. The van der Waals surface area contributed by atoms with Gasteiger partial charge in [0.25, 0.3) is 5.91 Å². The molecule has 0 heterocycles. The van der Waals surface area contributed by atoms with Gasteiger partial charge in [-0.05, 0) is 50.5 Å². The number of aryl methyl sites for hydroxylation is 1. The Bertz CT molecular complexity index is 550. The second-order valence-corrected chi connectivity index (χ2v) is 5.98. The molecule has 0 atom stereocenters. The number of amides is 1. The average Bonchev–Trinajstić information content (AvgIpc) is 2.42. The quantitative estimate of drug-likeness (QED) is 0.865. The fourth-order valence-corrected chi connectivity index (χ4v) is 2.17. The molecule has 0 aliphatic rings. The Balaban J connectivity index is 3.03. The smallest absolute Gasteiger partial charge is 0.254 e. The molecule has 1 amide bonds. The lowest BCUT2D eigenvalue weighted by molar-refractivity contribution is 0.0682. The molecule has 2 N–H and O–H groups in total. The Kier molecular flexibility index (Phi) is 6.45. The number of hydrogen-bond acceptors (Lipinski definition) is 2. The lowest BCUT2D eigenvalue weighted by atomic mass is 10.0. The molecule has 21 heavy (non-hydrogen) atoms. The van der Waals surface area contributed by atoms with Crippen LogP contribution < -0.4 is 5.73 Å². The molecule has 0 spiro atoms. The van der Waals surface area contributed by atoms with Crippen molar-refractivity contribution in [3.8, 4) is 11.8 Å². The van der Waals surface area contributed by atoms with Gasteiger partial charge in [0, 0.05) is 23.7 Å². The average molecular weight is 286 g/mol. The van der Waals surface area contributed by atoms with Crippen LogP contribution in [-0.2, 0) is 0 Å². The predicted molar refractivity (Wildman–Crippen MR) is 88.1 cm³/mol. The van der Waals surface area contributed by atoms with Crippen molar-refractivity contribution in [3.05, 3.63) is 34.9 Å². The molecule has 0 fully saturated rings. The van der Waals surface area contributed by atoms with Gasteiger partial charge in [0.1, 0.15) is 0 Å². The topological polar surface area (TPSA) is 46.3 Å². The zero-order chi connectivity index (χ0) is 16.0. The van der Waals surface area contributed by atoms with Gasteiger partial charge in [-0.25, -0.2) is 0 Å². The molecule has 3 nitrogen and oxygen atoms in total. The van der Waals surface area contributed by atoms with Gasteiger partial charge in [-0.15, -0.1) is 0 Å². The van der Waals surface area contributed by atoms with Gasteiger partial charge in [0.15, 0.2) is 0 Å². The SMILES string of the molecule is Cc1cc(C(=O)N(CC(C)C)C(C)C)ccc1C#CCN. The van der Waals surface area contributed by atoms with Crippen LogP contribution in [-0.4, -0.2) is 29.9 Å². The summed E-state index contributed by atoms with van der Waals surface area (Å²) in [6, 6.07) is 5.86. The number of rotatable bonds is 4. The first-order chi connectivity index (χ1) is 9.86. The van der Waals surface area contributed by atoms with Crippen molar-refractivity contribution in [1.29, 1.82) is 0 Å². The van der Waals surface area contributed by atoms with Crippen LogP contribution >= 0.6 is 0 Å². The van der Waals surface area contributed by atoms with Crippen LogP contribution in [0.4, 0.5) is 0 Å². The van der Waals surface area contributed by atoms with E-state index in [2.05, 4.69) is 25.7 Å². The largest absolute Gasteiger partial charge is 0.336 e. The highest BCUT2D eigenvalue weighted by Gasteiger charge is 2.20. The summed E-state index contributed by atoms with van der Waals surface area (Å²) >= 11 is 0. The minimum absolute atomic E-state index is 0.0835. The molecule has 0 aliphatic carbocycles. The summed E-state index contributed by atoms with van der Waals surface area (Å²) in [5.41, 5.74) is 8.05. The molecule has 0 unspecified atom stereocenters. The van der Waals surface area contributed by atoms with Crippen molar-refractivity contribution >= 4 is 5.91 Å². The van der Waals surface area contributed by atoms with Crippen LogP contribution in [0.25, 0.3) is 0 Å². The third-order valence-corrected chi connectivity index (χ3v) is 3.24. The lowest BCUT2D eigenvalue weighted by Gasteiger charge is -2.28. The van der Waals surface area contributed by atoms with E-state index in [9.17, 15) is 4.79 Å². The number of nitrogens with two attached hydrogens (primary N) is 1. The van der Waals surface area contributed by atoms with Gasteiger partial charge in [-0.2, -0.15) is 0 Å². The fraction of sp³-hybridized carbons (Fsp3) is 0.500. The maximum absolute atomic E-state index is 12.7. The van der Waals surface area contributed by atoms with Crippen LogP contribution in [0.2, 0.25) is 0 Å². The molecule has 0 radical (unpaired) electrons. The maximum atomic E-state index is 12.7. The van der Waals surface area contributed by atoms with Crippen LogP contribution in [0.1, 0.15) is 49.2 Å². The molecule has 1 rings (SSSR count). The van der Waals surface area contributed by atoms with E-state index < -0.39 is 0 Å². The van der Waals surface area contributed by atoms with E-state index in [0.29, 0.717) is 12.5 Å². The second kappa shape index (κ2) is 7.85. The zero-order valence-electron chi connectivity index (χ0n) is 13.7. The molecule has 0 aromatic heterocycles. The molecular weight excluding hydrogens is 260 g/mol. The minimum atomic E-state index is 0.0835. The van der Waals surface area contributed by atoms with Crippen LogP contribution in [0.15, 0.2) is 18.2 Å². The Hall–Kier alpha value is -1.79. The highest BCUT2D eigenvalue weighted by atomic mass is 16.2. The van der Waals surface area contributed by atoms with Crippen LogP contribution in [0, 0.1) is 24.7 Å². The van der Waals surface area contributed by atoms with E-state index in [4.69, 9.17) is 5.73 Å². The summed E-state index contributed by atoms with van der Waals surface area (Å²) in [7, 11) is 0. The lowest BCUT2D eigenvalue weighted by Crippen LogP contribution is -2.39. The summed E-state index contributed by atoms with van der Waals surface area (Å²) < 4.78 is 0. The number of hydrogen-bond donors (Lipinski definition) is 1. The Morgan fingerprint density at radius 1 is 1.29 bits per heavy atom. The third kappa shape index (κ3) is 4.91. The first-order valence-corrected chi connectivity index (χ1v) is 7.47. The molecule has 0 saturated carbocycles. The minimum Gasteiger partial charge on any atom is -0.336 e. The van der Waals surface area contributed by atoms with Crippen LogP contribution in [0.3, 0.4) is 0 Å². The van der Waals surface area contributed by atoms with E-state index >= 15 is 0 Å². The van der Waals surface area contributed by atoms with Crippen LogP contribution in [0.5, 0.6) is 0 Å². The van der Waals surface area contributed by atoms with Gasteiger partial charge < -0.3 is 10.6 Å². The standard InChI is InChI=1S/C18H26N2O/c1-13(2)12-20(14(3)4)18(21)17-9-8-16(7-6-10-19)15(5)11-17/h8-9,11,13-14H,10,12,19H2,1-5H3.